The Morgan fingerprint density at radius 1 is 1.47 bits per heavy atom. The van der Waals surface area contributed by atoms with Crippen molar-refractivity contribution < 1.29 is 4.74 Å². The van der Waals surface area contributed by atoms with Crippen LogP contribution < -0.4 is 0 Å². The van der Waals surface area contributed by atoms with Gasteiger partial charge in [0.1, 0.15) is 6.10 Å². The number of rotatable bonds is 5. The van der Waals surface area contributed by atoms with Gasteiger partial charge in [0, 0.05) is 12.8 Å². The summed E-state index contributed by atoms with van der Waals surface area (Å²) in [5, 5.41) is 0. The molecule has 3 nitrogen and oxygen atoms in total. The van der Waals surface area contributed by atoms with Crippen molar-refractivity contribution in [2.24, 2.45) is 5.92 Å². The van der Waals surface area contributed by atoms with Crippen LogP contribution in [0.15, 0.2) is 12.3 Å². The molecular formula is C11H17ClN2O. The van der Waals surface area contributed by atoms with Crippen molar-refractivity contribution >= 4 is 11.6 Å². The fourth-order valence-electron chi connectivity index (χ4n) is 1.37. The summed E-state index contributed by atoms with van der Waals surface area (Å²) in [7, 11) is 0. The second kappa shape index (κ2) is 6.03. The van der Waals surface area contributed by atoms with Gasteiger partial charge in [0.2, 0.25) is 0 Å². The van der Waals surface area contributed by atoms with Crippen LogP contribution in [0.1, 0.15) is 38.4 Å². The van der Waals surface area contributed by atoms with E-state index in [4.69, 9.17) is 16.3 Å². The average molecular weight is 229 g/mol. The lowest BCUT2D eigenvalue weighted by Crippen LogP contribution is -2.15. The SMILES string of the molecule is CCOC(c1nccc(CCl)n1)C(C)C. The number of halogens is 1. The molecule has 0 amide bonds. The summed E-state index contributed by atoms with van der Waals surface area (Å²) >= 11 is 5.73. The standard InChI is InChI=1S/C11H17ClN2O/c1-4-15-10(8(2)3)11-13-6-5-9(7-12)14-11/h5-6,8,10H,4,7H2,1-3H3. The zero-order valence-corrected chi connectivity index (χ0v) is 10.2. The fourth-order valence-corrected chi connectivity index (χ4v) is 1.52. The van der Waals surface area contributed by atoms with Crippen molar-refractivity contribution in [2.45, 2.75) is 32.8 Å². The number of ether oxygens (including phenoxy) is 1. The maximum atomic E-state index is 5.73. The molecule has 1 atom stereocenters. The molecule has 0 saturated heterocycles. The molecule has 0 fully saturated rings. The molecule has 0 bridgehead atoms. The smallest absolute Gasteiger partial charge is 0.157 e. The van der Waals surface area contributed by atoms with Gasteiger partial charge in [-0.1, -0.05) is 13.8 Å². The molecule has 15 heavy (non-hydrogen) atoms. The zero-order valence-electron chi connectivity index (χ0n) is 9.40. The highest BCUT2D eigenvalue weighted by molar-refractivity contribution is 6.16. The average Bonchev–Trinajstić information content (AvgIpc) is 2.25. The first-order chi connectivity index (χ1) is 7.19. The van der Waals surface area contributed by atoms with Gasteiger partial charge in [0.25, 0.3) is 0 Å². The van der Waals surface area contributed by atoms with Gasteiger partial charge < -0.3 is 4.74 Å². The predicted molar refractivity (Wildman–Crippen MR) is 60.8 cm³/mol. The highest BCUT2D eigenvalue weighted by Gasteiger charge is 2.18. The third kappa shape index (κ3) is 3.43. The summed E-state index contributed by atoms with van der Waals surface area (Å²) in [6.45, 7) is 6.83. The van der Waals surface area contributed by atoms with Crippen molar-refractivity contribution in [3.8, 4) is 0 Å². The first kappa shape index (κ1) is 12.4. The summed E-state index contributed by atoms with van der Waals surface area (Å²) < 4.78 is 5.62. The molecule has 0 N–H and O–H groups in total. The lowest BCUT2D eigenvalue weighted by Gasteiger charge is -2.19. The topological polar surface area (TPSA) is 35.0 Å². The summed E-state index contributed by atoms with van der Waals surface area (Å²) in [5.74, 6) is 1.49. The molecular weight excluding hydrogens is 212 g/mol. The Kier molecular flexibility index (Phi) is 4.99. The van der Waals surface area contributed by atoms with Crippen molar-refractivity contribution in [1.29, 1.82) is 0 Å². The Labute approximate surface area is 95.8 Å². The van der Waals surface area contributed by atoms with Gasteiger partial charge in [0.05, 0.1) is 11.6 Å². The molecule has 4 heteroatoms. The lowest BCUT2D eigenvalue weighted by atomic mass is 10.1. The van der Waals surface area contributed by atoms with E-state index < -0.39 is 0 Å². The molecule has 0 aliphatic heterocycles. The lowest BCUT2D eigenvalue weighted by molar-refractivity contribution is 0.0231. The highest BCUT2D eigenvalue weighted by Crippen LogP contribution is 2.22. The van der Waals surface area contributed by atoms with Crippen LogP contribution in [0.3, 0.4) is 0 Å². The molecule has 0 saturated carbocycles. The van der Waals surface area contributed by atoms with Crippen LogP contribution in [-0.4, -0.2) is 16.6 Å². The van der Waals surface area contributed by atoms with Crippen molar-refractivity contribution in [1.82, 2.24) is 9.97 Å². The highest BCUT2D eigenvalue weighted by atomic mass is 35.5. The second-order valence-electron chi connectivity index (χ2n) is 3.66. The molecule has 0 aliphatic rings. The normalized spacial score (nSPS) is 13.1. The largest absolute Gasteiger partial charge is 0.370 e. The van der Waals surface area contributed by atoms with Crippen molar-refractivity contribution in [2.75, 3.05) is 6.61 Å². The van der Waals surface area contributed by atoms with E-state index in [0.29, 0.717) is 18.4 Å². The van der Waals surface area contributed by atoms with E-state index in [1.165, 1.54) is 0 Å². The van der Waals surface area contributed by atoms with Crippen LogP contribution in [0.5, 0.6) is 0 Å². The van der Waals surface area contributed by atoms with Gasteiger partial charge in [-0.2, -0.15) is 0 Å². The third-order valence-corrected chi connectivity index (χ3v) is 2.35. The monoisotopic (exact) mass is 228 g/mol. The summed E-state index contributed by atoms with van der Waals surface area (Å²) in [6, 6.07) is 1.82. The number of hydrogen-bond donors (Lipinski definition) is 0. The van der Waals surface area contributed by atoms with E-state index in [9.17, 15) is 0 Å². The first-order valence-electron chi connectivity index (χ1n) is 5.18. The molecule has 0 aromatic carbocycles. The van der Waals surface area contributed by atoms with E-state index in [0.717, 1.165) is 11.5 Å². The minimum Gasteiger partial charge on any atom is -0.370 e. The molecule has 0 radical (unpaired) electrons. The Morgan fingerprint density at radius 2 is 2.20 bits per heavy atom. The van der Waals surface area contributed by atoms with Gasteiger partial charge in [-0.15, -0.1) is 11.6 Å². The zero-order chi connectivity index (χ0) is 11.3. The van der Waals surface area contributed by atoms with Gasteiger partial charge in [0.15, 0.2) is 5.82 Å². The van der Waals surface area contributed by atoms with E-state index in [1.54, 1.807) is 6.20 Å². The van der Waals surface area contributed by atoms with Crippen LogP contribution in [-0.2, 0) is 10.6 Å². The quantitative estimate of drug-likeness (QED) is 0.727. The minimum absolute atomic E-state index is 0.0434. The van der Waals surface area contributed by atoms with E-state index in [2.05, 4.69) is 23.8 Å². The number of alkyl halides is 1. The van der Waals surface area contributed by atoms with Crippen LogP contribution >= 0.6 is 11.6 Å². The molecule has 1 aromatic heterocycles. The predicted octanol–water partition coefficient (Wildman–Crippen LogP) is 2.95. The molecule has 0 spiro atoms. The maximum Gasteiger partial charge on any atom is 0.157 e. The van der Waals surface area contributed by atoms with E-state index in [-0.39, 0.29) is 6.10 Å². The molecule has 1 heterocycles. The number of nitrogens with zero attached hydrogens (tertiary/aromatic N) is 2. The summed E-state index contributed by atoms with van der Waals surface area (Å²) in [4.78, 5) is 8.60. The Balaban J connectivity index is 2.89. The van der Waals surface area contributed by atoms with Gasteiger partial charge in [-0.05, 0) is 18.9 Å². The Morgan fingerprint density at radius 3 is 2.73 bits per heavy atom. The van der Waals surface area contributed by atoms with Crippen LogP contribution in [0.2, 0.25) is 0 Å². The van der Waals surface area contributed by atoms with Crippen LogP contribution in [0.4, 0.5) is 0 Å². The maximum absolute atomic E-state index is 5.73. The van der Waals surface area contributed by atoms with Gasteiger partial charge in [-0.25, -0.2) is 9.97 Å². The first-order valence-corrected chi connectivity index (χ1v) is 5.71. The number of hydrogen-bond acceptors (Lipinski definition) is 3. The van der Waals surface area contributed by atoms with Gasteiger partial charge in [-0.3, -0.25) is 0 Å². The molecule has 0 aliphatic carbocycles. The van der Waals surface area contributed by atoms with E-state index in [1.807, 2.05) is 13.0 Å². The third-order valence-electron chi connectivity index (χ3n) is 2.08. The summed E-state index contributed by atoms with van der Waals surface area (Å²) in [5.41, 5.74) is 0.840. The molecule has 1 aromatic rings. The van der Waals surface area contributed by atoms with E-state index >= 15 is 0 Å². The minimum atomic E-state index is -0.0434. The molecule has 84 valence electrons. The van der Waals surface area contributed by atoms with Crippen molar-refractivity contribution in [3.63, 3.8) is 0 Å². The van der Waals surface area contributed by atoms with Gasteiger partial charge >= 0.3 is 0 Å². The Hall–Kier alpha value is -0.670. The molecule has 1 rings (SSSR count). The van der Waals surface area contributed by atoms with Crippen LogP contribution in [0, 0.1) is 5.92 Å². The second-order valence-corrected chi connectivity index (χ2v) is 3.93. The number of aromatic nitrogens is 2. The molecule has 1 unspecified atom stereocenters. The van der Waals surface area contributed by atoms with Crippen LogP contribution in [0.25, 0.3) is 0 Å². The Bertz CT molecular complexity index is 304. The van der Waals surface area contributed by atoms with Crippen molar-refractivity contribution in [3.05, 3.63) is 23.8 Å². The summed E-state index contributed by atoms with van der Waals surface area (Å²) in [6.07, 6.45) is 1.69. The fraction of sp³-hybridized carbons (Fsp3) is 0.636.